The number of nitrogens with zero attached hydrogens (tertiary/aromatic N) is 1. The summed E-state index contributed by atoms with van der Waals surface area (Å²) in [7, 11) is 0. The zero-order chi connectivity index (χ0) is 18.4. The Hall–Kier alpha value is -2.48. The van der Waals surface area contributed by atoms with Crippen LogP contribution < -0.4 is 10.6 Å². The van der Waals surface area contributed by atoms with Crippen molar-refractivity contribution >= 4 is 63.9 Å². The number of thiocarbonyl (C=S) groups is 1. The van der Waals surface area contributed by atoms with Gasteiger partial charge in [-0.3, -0.25) is 20.2 Å². The number of amides is 1. The third-order valence-corrected chi connectivity index (χ3v) is 3.73. The quantitative estimate of drug-likeness (QED) is 0.346. The molecule has 1 amide bonds. The van der Waals surface area contributed by atoms with E-state index in [2.05, 4.69) is 10.6 Å². The second kappa shape index (κ2) is 8.57. The lowest BCUT2D eigenvalue weighted by Gasteiger charge is -2.08. The van der Waals surface area contributed by atoms with Gasteiger partial charge < -0.3 is 5.32 Å². The zero-order valence-electron chi connectivity index (χ0n) is 12.5. The Morgan fingerprint density at radius 2 is 1.92 bits per heavy atom. The molecule has 9 heteroatoms. The number of benzene rings is 2. The minimum absolute atomic E-state index is 0.0637. The van der Waals surface area contributed by atoms with Crippen molar-refractivity contribution in [3.8, 4) is 0 Å². The third-order valence-electron chi connectivity index (χ3n) is 2.96. The van der Waals surface area contributed by atoms with Crippen molar-refractivity contribution in [3.63, 3.8) is 0 Å². The van der Waals surface area contributed by atoms with Crippen molar-refractivity contribution in [2.45, 2.75) is 0 Å². The number of carbonyl (C=O) groups excluding carboxylic acids is 1. The predicted molar refractivity (Wildman–Crippen MR) is 103 cm³/mol. The van der Waals surface area contributed by atoms with Crippen molar-refractivity contribution < 1.29 is 9.72 Å². The van der Waals surface area contributed by atoms with E-state index in [0.717, 1.165) is 0 Å². The molecule has 0 heterocycles. The van der Waals surface area contributed by atoms with Gasteiger partial charge in [0.25, 0.3) is 5.69 Å². The Bertz CT molecular complexity index is 871. The topological polar surface area (TPSA) is 84.3 Å². The highest BCUT2D eigenvalue weighted by molar-refractivity contribution is 7.80. The maximum Gasteiger partial charge on any atom is 0.292 e. The van der Waals surface area contributed by atoms with Crippen LogP contribution in [0.5, 0.6) is 0 Å². The summed E-state index contributed by atoms with van der Waals surface area (Å²) in [5.41, 5.74) is 0.643. The highest BCUT2D eigenvalue weighted by Crippen LogP contribution is 2.23. The molecule has 128 valence electrons. The van der Waals surface area contributed by atoms with E-state index in [1.54, 1.807) is 24.3 Å². The van der Waals surface area contributed by atoms with Gasteiger partial charge >= 0.3 is 0 Å². The van der Waals surface area contributed by atoms with Crippen molar-refractivity contribution in [3.05, 3.63) is 74.3 Å². The van der Waals surface area contributed by atoms with Gasteiger partial charge in [-0.2, -0.15) is 0 Å². The highest BCUT2D eigenvalue weighted by atomic mass is 35.5. The minimum atomic E-state index is -0.546. The molecule has 2 rings (SSSR count). The molecule has 0 aliphatic rings. The van der Waals surface area contributed by atoms with Crippen LogP contribution in [0.25, 0.3) is 6.08 Å². The molecule has 0 saturated carbocycles. The first-order valence-electron chi connectivity index (χ1n) is 6.85. The number of nitro groups is 1. The number of halogens is 2. The molecule has 0 aliphatic carbocycles. The summed E-state index contributed by atoms with van der Waals surface area (Å²) >= 11 is 16.8. The number of carbonyl (C=O) groups is 1. The van der Waals surface area contributed by atoms with Gasteiger partial charge in [0.15, 0.2) is 5.11 Å². The normalized spacial score (nSPS) is 10.5. The first-order valence-corrected chi connectivity index (χ1v) is 8.02. The van der Waals surface area contributed by atoms with E-state index in [0.29, 0.717) is 15.6 Å². The molecule has 0 aromatic heterocycles. The maximum absolute atomic E-state index is 11.9. The summed E-state index contributed by atoms with van der Waals surface area (Å²) < 4.78 is 0. The van der Waals surface area contributed by atoms with E-state index in [1.807, 2.05) is 0 Å². The van der Waals surface area contributed by atoms with E-state index in [9.17, 15) is 14.9 Å². The molecule has 0 aliphatic heterocycles. The summed E-state index contributed by atoms with van der Waals surface area (Å²) in [4.78, 5) is 22.3. The fourth-order valence-corrected chi connectivity index (χ4v) is 2.53. The summed E-state index contributed by atoms with van der Waals surface area (Å²) in [5.74, 6) is -0.512. The lowest BCUT2D eigenvalue weighted by atomic mass is 10.2. The molecule has 0 saturated heterocycles. The Kier molecular flexibility index (Phi) is 6.46. The van der Waals surface area contributed by atoms with E-state index in [4.69, 9.17) is 35.4 Å². The van der Waals surface area contributed by atoms with E-state index in [1.165, 1.54) is 30.4 Å². The van der Waals surface area contributed by atoms with Crippen molar-refractivity contribution in [1.82, 2.24) is 5.32 Å². The molecule has 0 atom stereocenters. The highest BCUT2D eigenvalue weighted by Gasteiger charge is 2.13. The molecule has 2 aromatic carbocycles. The van der Waals surface area contributed by atoms with Gasteiger partial charge in [0, 0.05) is 22.2 Å². The monoisotopic (exact) mass is 395 g/mol. The van der Waals surface area contributed by atoms with Crippen LogP contribution in [0.2, 0.25) is 10.0 Å². The summed E-state index contributed by atoms with van der Waals surface area (Å²) in [6.07, 6.45) is 2.74. The van der Waals surface area contributed by atoms with Crippen LogP contribution in [0.3, 0.4) is 0 Å². The van der Waals surface area contributed by atoms with Crippen molar-refractivity contribution in [1.29, 1.82) is 0 Å². The average Bonchev–Trinajstić information content (AvgIpc) is 2.54. The Labute approximate surface area is 158 Å². The number of hydrogen-bond donors (Lipinski definition) is 2. The van der Waals surface area contributed by atoms with Gasteiger partial charge in [-0.25, -0.2) is 0 Å². The largest absolute Gasteiger partial charge is 0.327 e. The van der Waals surface area contributed by atoms with Gasteiger partial charge in [-0.05, 0) is 42.1 Å². The fraction of sp³-hybridized carbons (Fsp3) is 0. The van der Waals surface area contributed by atoms with Gasteiger partial charge in [0.1, 0.15) is 5.69 Å². The number of nitro benzene ring substituents is 1. The first-order chi connectivity index (χ1) is 11.9. The van der Waals surface area contributed by atoms with Gasteiger partial charge in [0.05, 0.1) is 4.92 Å². The Morgan fingerprint density at radius 3 is 2.60 bits per heavy atom. The molecule has 0 radical (unpaired) electrons. The van der Waals surface area contributed by atoms with Gasteiger partial charge in [-0.1, -0.05) is 41.4 Å². The molecular weight excluding hydrogens is 385 g/mol. The summed E-state index contributed by atoms with van der Waals surface area (Å²) in [6, 6.07) is 10.8. The van der Waals surface area contributed by atoms with Crippen molar-refractivity contribution in [2.75, 3.05) is 5.32 Å². The smallest absolute Gasteiger partial charge is 0.292 e. The Balaban J connectivity index is 2.00. The lowest BCUT2D eigenvalue weighted by molar-refractivity contribution is -0.383. The molecule has 0 fully saturated rings. The minimum Gasteiger partial charge on any atom is -0.327 e. The molecule has 2 aromatic rings. The average molecular weight is 396 g/mol. The van der Waals surface area contributed by atoms with Crippen LogP contribution in [0.4, 0.5) is 11.4 Å². The zero-order valence-corrected chi connectivity index (χ0v) is 14.9. The number of para-hydroxylation sites is 2. The van der Waals surface area contributed by atoms with Crippen LogP contribution in [0.15, 0.2) is 48.5 Å². The van der Waals surface area contributed by atoms with Crippen LogP contribution in [-0.2, 0) is 4.79 Å². The van der Waals surface area contributed by atoms with E-state index < -0.39 is 10.8 Å². The molecule has 2 N–H and O–H groups in total. The summed E-state index contributed by atoms with van der Waals surface area (Å²) in [6.45, 7) is 0. The fourth-order valence-electron chi connectivity index (χ4n) is 1.85. The molecule has 6 nitrogen and oxygen atoms in total. The van der Waals surface area contributed by atoms with Crippen molar-refractivity contribution in [2.24, 2.45) is 0 Å². The standard InChI is InChI=1S/C16H11Cl2N3O3S/c17-11-7-5-10(12(18)9-11)6-8-15(22)20-16(25)19-13-3-1-2-4-14(13)21(23)24/h1-9H,(H2,19,20,22,25)/b8-6+. The molecule has 0 bridgehead atoms. The number of hydrogen-bond acceptors (Lipinski definition) is 4. The third kappa shape index (κ3) is 5.53. The molecule has 25 heavy (non-hydrogen) atoms. The SMILES string of the molecule is O=C(/C=C/c1ccc(Cl)cc1Cl)NC(=S)Nc1ccccc1[N+](=O)[O-]. The van der Waals surface area contributed by atoms with Crippen LogP contribution in [-0.4, -0.2) is 15.9 Å². The van der Waals surface area contributed by atoms with E-state index >= 15 is 0 Å². The summed E-state index contributed by atoms with van der Waals surface area (Å²) in [5, 5.41) is 16.8. The van der Waals surface area contributed by atoms with Gasteiger partial charge in [-0.15, -0.1) is 0 Å². The maximum atomic E-state index is 11.9. The van der Waals surface area contributed by atoms with Crippen LogP contribution in [0, 0.1) is 10.1 Å². The van der Waals surface area contributed by atoms with Crippen LogP contribution >= 0.6 is 35.4 Å². The lowest BCUT2D eigenvalue weighted by Crippen LogP contribution is -2.33. The van der Waals surface area contributed by atoms with Crippen LogP contribution in [0.1, 0.15) is 5.56 Å². The van der Waals surface area contributed by atoms with E-state index in [-0.39, 0.29) is 16.5 Å². The number of anilines is 1. The first kappa shape index (κ1) is 18.9. The van der Waals surface area contributed by atoms with Gasteiger partial charge in [0.2, 0.25) is 5.91 Å². The predicted octanol–water partition coefficient (Wildman–Crippen LogP) is 4.43. The second-order valence-electron chi connectivity index (χ2n) is 4.72. The molecule has 0 unspecified atom stereocenters. The number of nitrogens with one attached hydrogen (secondary N) is 2. The molecule has 0 spiro atoms. The molecular formula is C16H11Cl2N3O3S. The Morgan fingerprint density at radius 1 is 1.20 bits per heavy atom. The second-order valence-corrected chi connectivity index (χ2v) is 5.97. The number of rotatable bonds is 4.